The van der Waals surface area contributed by atoms with Crippen LogP contribution in [0, 0.1) is 0 Å². The summed E-state index contributed by atoms with van der Waals surface area (Å²) in [5.74, 6) is 0.627. The number of nitrogens with one attached hydrogen (secondary N) is 1. The summed E-state index contributed by atoms with van der Waals surface area (Å²) < 4.78 is 10.7. The molecule has 0 saturated carbocycles. The fraction of sp³-hybridized carbons (Fsp3) is 0.345. The lowest BCUT2D eigenvalue weighted by atomic mass is 9.85. The third-order valence-corrected chi connectivity index (χ3v) is 7.44. The number of rotatable bonds is 8. The zero-order valence-electron chi connectivity index (χ0n) is 21.5. The van der Waals surface area contributed by atoms with Gasteiger partial charge in [-0.2, -0.15) is 0 Å². The smallest absolute Gasteiger partial charge is 0.289 e. The second kappa shape index (κ2) is 11.0. The maximum Gasteiger partial charge on any atom is 0.289 e. The molecule has 1 aromatic heterocycles. The molecule has 3 amide bonds. The fourth-order valence-electron chi connectivity index (χ4n) is 5.43. The fourth-order valence-corrected chi connectivity index (χ4v) is 5.43. The van der Waals surface area contributed by atoms with E-state index in [1.54, 1.807) is 29.0 Å². The minimum atomic E-state index is -0.807. The molecule has 0 radical (unpaired) electrons. The lowest BCUT2D eigenvalue weighted by Crippen LogP contribution is -2.57. The third kappa shape index (κ3) is 4.96. The first kappa shape index (κ1) is 25.4. The van der Waals surface area contributed by atoms with Crippen LogP contribution >= 0.6 is 0 Å². The summed E-state index contributed by atoms with van der Waals surface area (Å²) in [6, 6.07) is 20.8. The van der Waals surface area contributed by atoms with Gasteiger partial charge in [0.15, 0.2) is 5.76 Å². The average molecular weight is 517 g/mol. The molecule has 9 heteroatoms. The van der Waals surface area contributed by atoms with E-state index in [4.69, 9.17) is 9.15 Å². The van der Waals surface area contributed by atoms with Gasteiger partial charge in [0.05, 0.1) is 20.0 Å². The average Bonchev–Trinajstić information content (AvgIpc) is 3.58. The second-order valence-corrected chi connectivity index (χ2v) is 9.62. The Hall–Kier alpha value is -4.27. The van der Waals surface area contributed by atoms with Gasteiger partial charge in [-0.3, -0.25) is 14.4 Å². The van der Waals surface area contributed by atoms with Crippen LogP contribution in [-0.4, -0.2) is 73.0 Å². The van der Waals surface area contributed by atoms with E-state index in [0.29, 0.717) is 51.3 Å². The highest BCUT2D eigenvalue weighted by molar-refractivity contribution is 5.97. The van der Waals surface area contributed by atoms with Crippen molar-refractivity contribution in [2.75, 3.05) is 44.9 Å². The molecule has 5 rings (SSSR count). The van der Waals surface area contributed by atoms with E-state index >= 15 is 0 Å². The minimum absolute atomic E-state index is 0.0229. The molecule has 0 unspecified atom stereocenters. The quantitative estimate of drug-likeness (QED) is 0.495. The highest BCUT2D eigenvalue weighted by Crippen LogP contribution is 2.39. The summed E-state index contributed by atoms with van der Waals surface area (Å²) >= 11 is 0. The molecular weight excluding hydrogens is 484 g/mol. The minimum Gasteiger partial charge on any atom is -0.496 e. The summed E-state index contributed by atoms with van der Waals surface area (Å²) in [6.07, 6.45) is 3.05. The van der Waals surface area contributed by atoms with Crippen molar-refractivity contribution in [1.82, 2.24) is 15.1 Å². The highest BCUT2D eigenvalue weighted by atomic mass is 16.5. The Morgan fingerprint density at radius 2 is 1.74 bits per heavy atom. The predicted molar refractivity (Wildman–Crippen MR) is 142 cm³/mol. The van der Waals surface area contributed by atoms with Gasteiger partial charge < -0.3 is 29.2 Å². The first-order valence-corrected chi connectivity index (χ1v) is 12.9. The molecule has 38 heavy (non-hydrogen) atoms. The van der Waals surface area contributed by atoms with Crippen LogP contribution in [0.4, 0.5) is 5.69 Å². The molecule has 3 heterocycles. The first-order chi connectivity index (χ1) is 18.5. The highest BCUT2D eigenvalue weighted by Gasteiger charge is 2.54. The molecular formula is C29H32N4O5. The number of carbonyl (C=O) groups is 3. The van der Waals surface area contributed by atoms with E-state index in [1.807, 2.05) is 54.6 Å². The number of hydrogen-bond donors (Lipinski definition) is 1. The van der Waals surface area contributed by atoms with Crippen LogP contribution in [0.2, 0.25) is 0 Å². The lowest BCUT2D eigenvalue weighted by molar-refractivity contribution is -0.137. The molecule has 3 aromatic rings. The van der Waals surface area contributed by atoms with Gasteiger partial charge in [-0.15, -0.1) is 0 Å². The summed E-state index contributed by atoms with van der Waals surface area (Å²) in [7, 11) is 1.63. The Kier molecular flexibility index (Phi) is 7.35. The van der Waals surface area contributed by atoms with Crippen molar-refractivity contribution < 1.29 is 23.5 Å². The molecule has 198 valence electrons. The zero-order chi connectivity index (χ0) is 26.5. The third-order valence-electron chi connectivity index (χ3n) is 7.44. The van der Waals surface area contributed by atoms with E-state index in [2.05, 4.69) is 10.2 Å². The molecule has 9 nitrogen and oxygen atoms in total. The van der Waals surface area contributed by atoms with Crippen LogP contribution in [0.5, 0.6) is 5.75 Å². The normalized spacial score (nSPS) is 16.7. The van der Waals surface area contributed by atoms with Crippen molar-refractivity contribution in [2.24, 2.45) is 0 Å². The number of likely N-dealkylation sites (tertiary alicyclic amines) is 1. The van der Waals surface area contributed by atoms with E-state index in [9.17, 15) is 14.4 Å². The van der Waals surface area contributed by atoms with Crippen LogP contribution in [0.1, 0.15) is 29.0 Å². The Morgan fingerprint density at radius 3 is 2.45 bits per heavy atom. The molecule has 0 aliphatic carbocycles. The van der Waals surface area contributed by atoms with E-state index in [-0.39, 0.29) is 24.3 Å². The maximum atomic E-state index is 13.9. The summed E-state index contributed by atoms with van der Waals surface area (Å²) in [6.45, 7) is 1.58. The predicted octanol–water partition coefficient (Wildman–Crippen LogP) is 2.93. The molecule has 0 atom stereocenters. The number of amides is 3. The van der Waals surface area contributed by atoms with Crippen LogP contribution < -0.4 is 15.0 Å². The van der Waals surface area contributed by atoms with Crippen LogP contribution in [0.25, 0.3) is 0 Å². The number of carbonyl (C=O) groups excluding carboxylic acids is 3. The Balaban J connectivity index is 1.25. The van der Waals surface area contributed by atoms with Crippen molar-refractivity contribution in [2.45, 2.75) is 24.8 Å². The summed E-state index contributed by atoms with van der Waals surface area (Å²) in [5, 5.41) is 2.94. The lowest BCUT2D eigenvalue weighted by Gasteiger charge is -2.43. The number of furan rings is 1. The SMILES string of the molecule is COc1ccccc1CCNC(=O)CN1CN(c2ccccc2)C2(CCN(C(=O)c3ccco3)CC2)C1=O. The van der Waals surface area contributed by atoms with Gasteiger partial charge in [0, 0.05) is 25.3 Å². The van der Waals surface area contributed by atoms with Gasteiger partial charge in [-0.25, -0.2) is 0 Å². The number of methoxy groups -OCH3 is 1. The molecule has 2 aliphatic heterocycles. The monoisotopic (exact) mass is 516 g/mol. The number of piperidine rings is 1. The number of benzene rings is 2. The van der Waals surface area contributed by atoms with E-state index < -0.39 is 5.54 Å². The largest absolute Gasteiger partial charge is 0.496 e. The van der Waals surface area contributed by atoms with Crippen molar-refractivity contribution in [3.8, 4) is 5.75 Å². The summed E-state index contributed by atoms with van der Waals surface area (Å²) in [4.78, 5) is 45.0. The number of hydrogen-bond acceptors (Lipinski definition) is 6. The van der Waals surface area contributed by atoms with Gasteiger partial charge in [-0.05, 0) is 55.2 Å². The number of nitrogens with zero attached hydrogens (tertiary/aromatic N) is 3. The van der Waals surface area contributed by atoms with Gasteiger partial charge in [0.1, 0.15) is 17.8 Å². The molecule has 1 spiro atoms. The van der Waals surface area contributed by atoms with Crippen molar-refractivity contribution in [1.29, 1.82) is 0 Å². The molecule has 2 fully saturated rings. The summed E-state index contributed by atoms with van der Waals surface area (Å²) in [5.41, 5.74) is 1.13. The Morgan fingerprint density at radius 1 is 1.00 bits per heavy atom. The van der Waals surface area contributed by atoms with Crippen molar-refractivity contribution in [3.05, 3.63) is 84.3 Å². The second-order valence-electron chi connectivity index (χ2n) is 9.62. The molecule has 2 aromatic carbocycles. The van der Waals surface area contributed by atoms with Gasteiger partial charge in [-0.1, -0.05) is 36.4 Å². The first-order valence-electron chi connectivity index (χ1n) is 12.9. The van der Waals surface area contributed by atoms with Crippen molar-refractivity contribution in [3.63, 3.8) is 0 Å². The molecule has 0 bridgehead atoms. The van der Waals surface area contributed by atoms with Gasteiger partial charge in [0.25, 0.3) is 11.8 Å². The van der Waals surface area contributed by atoms with Crippen LogP contribution in [-0.2, 0) is 16.0 Å². The van der Waals surface area contributed by atoms with Crippen LogP contribution in [0.3, 0.4) is 0 Å². The van der Waals surface area contributed by atoms with Crippen molar-refractivity contribution >= 4 is 23.4 Å². The standard InChI is InChI=1S/C29H32N4O5/c1-37-24-11-6-5-8-22(24)13-16-30-26(34)20-32-21-33(23-9-3-2-4-10-23)29(28(32)36)14-17-31(18-15-29)27(35)25-12-7-19-38-25/h2-12,19H,13-18,20-21H2,1H3,(H,30,34). The van der Waals surface area contributed by atoms with Crippen LogP contribution in [0.15, 0.2) is 77.4 Å². The molecule has 1 N–H and O–H groups in total. The number of ether oxygens (including phenoxy) is 1. The van der Waals surface area contributed by atoms with E-state index in [0.717, 1.165) is 17.0 Å². The zero-order valence-corrected chi connectivity index (χ0v) is 21.5. The Labute approximate surface area is 221 Å². The Bertz CT molecular complexity index is 1270. The molecule has 2 saturated heterocycles. The maximum absolute atomic E-state index is 13.9. The molecule has 2 aliphatic rings. The van der Waals surface area contributed by atoms with Gasteiger partial charge >= 0.3 is 0 Å². The van der Waals surface area contributed by atoms with E-state index in [1.165, 1.54) is 6.26 Å². The van der Waals surface area contributed by atoms with Gasteiger partial charge in [0.2, 0.25) is 5.91 Å². The number of para-hydroxylation sites is 2. The topological polar surface area (TPSA) is 95.3 Å². The number of anilines is 1.